The van der Waals surface area contributed by atoms with Gasteiger partial charge in [0, 0.05) is 13.1 Å². The Morgan fingerprint density at radius 3 is 2.72 bits per heavy atom. The van der Waals surface area contributed by atoms with Crippen LogP contribution in [0, 0.1) is 17.8 Å². The van der Waals surface area contributed by atoms with Crippen LogP contribution in [0.5, 0.6) is 0 Å². The molecule has 0 heterocycles. The molecule has 0 aromatic heterocycles. The maximum atomic E-state index is 12.0. The van der Waals surface area contributed by atoms with Crippen LogP contribution in [-0.2, 0) is 4.79 Å². The fourth-order valence-corrected chi connectivity index (χ4v) is 2.86. The summed E-state index contributed by atoms with van der Waals surface area (Å²) >= 11 is 0. The number of carbonyl (C=O) groups excluding carboxylic acids is 1. The normalized spacial score (nSPS) is 30.2. The molecule has 0 radical (unpaired) electrons. The van der Waals surface area contributed by atoms with Crippen LogP contribution in [0.3, 0.4) is 0 Å². The van der Waals surface area contributed by atoms with E-state index in [4.69, 9.17) is 5.73 Å². The standard InChI is InChI=1S/C14H28N2O2/c1-10(2)12(8-15)13(17)16-9-14(18)6-4-5-11(3)7-14/h10-12,18H,4-9,15H2,1-3H3,(H,16,17). The van der Waals surface area contributed by atoms with E-state index in [1.54, 1.807) is 0 Å². The zero-order valence-corrected chi connectivity index (χ0v) is 11.9. The third-order valence-electron chi connectivity index (χ3n) is 4.05. The average Bonchev–Trinajstić information content (AvgIpc) is 2.26. The fourth-order valence-electron chi connectivity index (χ4n) is 2.86. The van der Waals surface area contributed by atoms with Crippen molar-refractivity contribution in [3.05, 3.63) is 0 Å². The number of carbonyl (C=O) groups is 1. The topological polar surface area (TPSA) is 75.3 Å². The van der Waals surface area contributed by atoms with Crippen molar-refractivity contribution < 1.29 is 9.90 Å². The van der Waals surface area contributed by atoms with Crippen molar-refractivity contribution in [3.8, 4) is 0 Å². The molecule has 1 aliphatic carbocycles. The van der Waals surface area contributed by atoms with Gasteiger partial charge in [0.05, 0.1) is 11.5 Å². The number of amides is 1. The lowest BCUT2D eigenvalue weighted by molar-refractivity contribution is -0.127. The highest BCUT2D eigenvalue weighted by molar-refractivity contribution is 5.79. The molecule has 3 atom stereocenters. The highest BCUT2D eigenvalue weighted by atomic mass is 16.3. The summed E-state index contributed by atoms with van der Waals surface area (Å²) in [6.07, 6.45) is 3.78. The molecule has 4 heteroatoms. The molecule has 1 amide bonds. The summed E-state index contributed by atoms with van der Waals surface area (Å²) < 4.78 is 0. The van der Waals surface area contributed by atoms with Gasteiger partial charge < -0.3 is 16.2 Å². The van der Waals surface area contributed by atoms with E-state index >= 15 is 0 Å². The van der Waals surface area contributed by atoms with Gasteiger partial charge in [0.25, 0.3) is 0 Å². The van der Waals surface area contributed by atoms with Crippen LogP contribution in [0.2, 0.25) is 0 Å². The molecule has 18 heavy (non-hydrogen) atoms. The van der Waals surface area contributed by atoms with Crippen LogP contribution in [0.25, 0.3) is 0 Å². The minimum atomic E-state index is -0.719. The first kappa shape index (κ1) is 15.4. The quantitative estimate of drug-likeness (QED) is 0.693. The Bertz CT molecular complexity index is 281. The van der Waals surface area contributed by atoms with Crippen LogP contribution in [-0.4, -0.2) is 29.7 Å². The van der Waals surface area contributed by atoms with Gasteiger partial charge in [-0.3, -0.25) is 4.79 Å². The molecule has 106 valence electrons. The van der Waals surface area contributed by atoms with Crippen LogP contribution < -0.4 is 11.1 Å². The molecule has 3 unspecified atom stereocenters. The maximum absolute atomic E-state index is 12.0. The summed E-state index contributed by atoms with van der Waals surface area (Å²) in [6, 6.07) is 0. The number of nitrogens with one attached hydrogen (secondary N) is 1. The highest BCUT2D eigenvalue weighted by Crippen LogP contribution is 2.31. The minimum Gasteiger partial charge on any atom is -0.388 e. The minimum absolute atomic E-state index is 0.0286. The number of aliphatic hydroxyl groups is 1. The molecule has 0 spiro atoms. The van der Waals surface area contributed by atoms with Gasteiger partial charge in [0.1, 0.15) is 0 Å². The van der Waals surface area contributed by atoms with E-state index in [9.17, 15) is 9.90 Å². The van der Waals surface area contributed by atoms with Crippen LogP contribution in [0.4, 0.5) is 0 Å². The SMILES string of the molecule is CC1CCCC(O)(CNC(=O)C(CN)C(C)C)C1. The van der Waals surface area contributed by atoms with Gasteiger partial charge in [0.15, 0.2) is 0 Å². The number of rotatable bonds is 5. The fraction of sp³-hybridized carbons (Fsp3) is 0.929. The van der Waals surface area contributed by atoms with Crippen molar-refractivity contribution >= 4 is 5.91 Å². The summed E-state index contributed by atoms with van der Waals surface area (Å²) in [5, 5.41) is 13.3. The number of nitrogens with two attached hydrogens (primary N) is 1. The molecule has 0 aromatic carbocycles. The van der Waals surface area contributed by atoms with Gasteiger partial charge in [-0.2, -0.15) is 0 Å². The van der Waals surface area contributed by atoms with Crippen molar-refractivity contribution in [1.82, 2.24) is 5.32 Å². The predicted molar refractivity (Wildman–Crippen MR) is 73.0 cm³/mol. The Labute approximate surface area is 110 Å². The molecule has 0 bridgehead atoms. The van der Waals surface area contributed by atoms with Crippen molar-refractivity contribution in [2.45, 2.75) is 52.1 Å². The lowest BCUT2D eigenvalue weighted by atomic mass is 9.79. The van der Waals surface area contributed by atoms with Gasteiger partial charge in [-0.25, -0.2) is 0 Å². The average molecular weight is 256 g/mol. The van der Waals surface area contributed by atoms with Gasteiger partial charge in [0.2, 0.25) is 5.91 Å². The highest BCUT2D eigenvalue weighted by Gasteiger charge is 2.33. The van der Waals surface area contributed by atoms with Crippen LogP contribution in [0.15, 0.2) is 0 Å². The second kappa shape index (κ2) is 6.53. The first-order valence-corrected chi connectivity index (χ1v) is 7.08. The summed E-state index contributed by atoms with van der Waals surface area (Å²) in [4.78, 5) is 12.0. The van der Waals surface area contributed by atoms with Gasteiger partial charge in [-0.15, -0.1) is 0 Å². The molecule has 1 fully saturated rings. The molecular weight excluding hydrogens is 228 g/mol. The zero-order valence-electron chi connectivity index (χ0n) is 11.9. The van der Waals surface area contributed by atoms with Crippen molar-refractivity contribution in [1.29, 1.82) is 0 Å². The Balaban J connectivity index is 2.46. The Hall–Kier alpha value is -0.610. The van der Waals surface area contributed by atoms with Crippen molar-refractivity contribution in [2.24, 2.45) is 23.5 Å². The van der Waals surface area contributed by atoms with E-state index in [2.05, 4.69) is 12.2 Å². The zero-order chi connectivity index (χ0) is 13.8. The second-order valence-electron chi connectivity index (χ2n) is 6.23. The first-order chi connectivity index (χ1) is 8.38. The third kappa shape index (κ3) is 4.25. The molecular formula is C14H28N2O2. The summed E-state index contributed by atoms with van der Waals surface area (Å²) in [7, 11) is 0. The Morgan fingerprint density at radius 2 is 2.22 bits per heavy atom. The van der Waals surface area contributed by atoms with Crippen molar-refractivity contribution in [2.75, 3.05) is 13.1 Å². The van der Waals surface area contributed by atoms with E-state index in [0.29, 0.717) is 19.0 Å². The molecule has 1 rings (SSSR count). The molecule has 4 N–H and O–H groups in total. The summed E-state index contributed by atoms with van der Waals surface area (Å²) in [5.74, 6) is 0.583. The Morgan fingerprint density at radius 1 is 1.56 bits per heavy atom. The van der Waals surface area contributed by atoms with E-state index in [1.807, 2.05) is 13.8 Å². The third-order valence-corrected chi connectivity index (χ3v) is 4.05. The lowest BCUT2D eigenvalue weighted by Crippen LogP contribution is -2.48. The summed E-state index contributed by atoms with van der Waals surface area (Å²) in [5.41, 5.74) is 4.90. The van der Waals surface area contributed by atoms with Crippen molar-refractivity contribution in [3.63, 3.8) is 0 Å². The molecule has 0 aromatic rings. The molecule has 4 nitrogen and oxygen atoms in total. The summed E-state index contributed by atoms with van der Waals surface area (Å²) in [6.45, 7) is 6.86. The smallest absolute Gasteiger partial charge is 0.224 e. The van der Waals surface area contributed by atoms with E-state index < -0.39 is 5.60 Å². The second-order valence-corrected chi connectivity index (χ2v) is 6.23. The number of hydrogen-bond donors (Lipinski definition) is 3. The lowest BCUT2D eigenvalue weighted by Gasteiger charge is -2.36. The maximum Gasteiger partial charge on any atom is 0.224 e. The number of hydrogen-bond acceptors (Lipinski definition) is 3. The van der Waals surface area contributed by atoms with Crippen LogP contribution >= 0.6 is 0 Å². The van der Waals surface area contributed by atoms with Gasteiger partial charge >= 0.3 is 0 Å². The first-order valence-electron chi connectivity index (χ1n) is 7.08. The van der Waals surface area contributed by atoms with Gasteiger partial charge in [-0.05, 0) is 24.7 Å². The van der Waals surface area contributed by atoms with E-state index in [-0.39, 0.29) is 17.7 Å². The molecule has 0 aliphatic heterocycles. The molecule has 1 saturated carbocycles. The molecule has 0 saturated heterocycles. The van der Waals surface area contributed by atoms with Gasteiger partial charge in [-0.1, -0.05) is 33.6 Å². The Kier molecular flexibility index (Phi) is 5.60. The monoisotopic (exact) mass is 256 g/mol. The van der Waals surface area contributed by atoms with Crippen LogP contribution in [0.1, 0.15) is 46.5 Å². The largest absolute Gasteiger partial charge is 0.388 e. The van der Waals surface area contributed by atoms with E-state index in [1.165, 1.54) is 6.42 Å². The predicted octanol–water partition coefficient (Wildman–Crippen LogP) is 1.27. The van der Waals surface area contributed by atoms with E-state index in [0.717, 1.165) is 19.3 Å². The molecule has 1 aliphatic rings.